The summed E-state index contributed by atoms with van der Waals surface area (Å²) in [6, 6.07) is 3.76. The molecule has 0 aliphatic carbocycles. The molecule has 3 atom stereocenters. The third kappa shape index (κ3) is 4.69. The number of aliphatic hydroxyl groups excluding tert-OH is 1. The Morgan fingerprint density at radius 2 is 2.10 bits per heavy atom. The van der Waals surface area contributed by atoms with E-state index in [-0.39, 0.29) is 12.6 Å². The molecule has 2 saturated heterocycles. The summed E-state index contributed by atoms with van der Waals surface area (Å²) >= 11 is 0. The highest BCUT2D eigenvalue weighted by Crippen LogP contribution is 2.31. The molecule has 1 unspecified atom stereocenters. The minimum absolute atomic E-state index is 0.103. The number of piperidine rings is 1. The van der Waals surface area contributed by atoms with Crippen LogP contribution < -0.4 is 10.6 Å². The van der Waals surface area contributed by atoms with Crippen LogP contribution in [0.3, 0.4) is 0 Å². The lowest BCUT2D eigenvalue weighted by Crippen LogP contribution is -2.51. The van der Waals surface area contributed by atoms with Crippen molar-refractivity contribution < 1.29 is 13.5 Å². The fraction of sp³-hybridized carbons (Fsp3) is 0.600. The Bertz CT molecular complexity index is 960. The zero-order valence-corrected chi connectivity index (χ0v) is 17.5. The summed E-state index contributed by atoms with van der Waals surface area (Å²) in [6.45, 7) is 2.55. The fourth-order valence-electron chi connectivity index (χ4n) is 4.35. The van der Waals surface area contributed by atoms with Crippen molar-refractivity contribution >= 4 is 26.6 Å². The molecule has 2 aromatic heterocycles. The van der Waals surface area contributed by atoms with Crippen molar-refractivity contribution in [2.45, 2.75) is 43.7 Å². The monoisotopic (exact) mass is 419 g/mol. The van der Waals surface area contributed by atoms with Gasteiger partial charge in [0.05, 0.1) is 24.1 Å². The van der Waals surface area contributed by atoms with E-state index in [2.05, 4.69) is 15.6 Å². The molecule has 3 N–H and O–H groups in total. The Kier molecular flexibility index (Phi) is 6.00. The number of sulfonamides is 1. The van der Waals surface area contributed by atoms with Crippen LogP contribution in [0.25, 0.3) is 10.8 Å². The van der Waals surface area contributed by atoms with E-state index in [1.165, 1.54) is 10.6 Å². The van der Waals surface area contributed by atoms with Gasteiger partial charge in [-0.25, -0.2) is 13.4 Å². The molecule has 29 heavy (non-hydrogen) atoms. The smallest absolute Gasteiger partial charge is 0.211 e. The molecule has 8 nitrogen and oxygen atoms in total. The largest absolute Gasteiger partial charge is 0.390 e. The second-order valence-corrected chi connectivity index (χ2v) is 10.1. The first-order valence-electron chi connectivity index (χ1n) is 10.3. The summed E-state index contributed by atoms with van der Waals surface area (Å²) in [5, 5.41) is 19.4. The van der Waals surface area contributed by atoms with Gasteiger partial charge in [0.1, 0.15) is 5.82 Å². The normalized spacial score (nSPS) is 26.9. The van der Waals surface area contributed by atoms with Gasteiger partial charge in [-0.05, 0) is 50.9 Å². The van der Waals surface area contributed by atoms with E-state index >= 15 is 0 Å². The second-order valence-electron chi connectivity index (χ2n) is 8.09. The van der Waals surface area contributed by atoms with Gasteiger partial charge in [-0.1, -0.05) is 0 Å². The van der Waals surface area contributed by atoms with E-state index in [4.69, 9.17) is 4.98 Å². The summed E-state index contributed by atoms with van der Waals surface area (Å²) in [5.41, 5.74) is 1.11. The molecular weight excluding hydrogens is 390 g/mol. The quantitative estimate of drug-likeness (QED) is 0.685. The lowest BCUT2D eigenvalue weighted by Gasteiger charge is -2.35. The summed E-state index contributed by atoms with van der Waals surface area (Å²) in [5.74, 6) is 1.11. The summed E-state index contributed by atoms with van der Waals surface area (Å²) in [6.07, 6.45) is 7.96. The Morgan fingerprint density at radius 3 is 2.90 bits per heavy atom. The molecule has 0 aromatic carbocycles. The van der Waals surface area contributed by atoms with Crippen LogP contribution in [-0.4, -0.2) is 72.4 Å². The maximum atomic E-state index is 11.7. The fourth-order valence-corrected chi connectivity index (χ4v) is 5.21. The van der Waals surface area contributed by atoms with E-state index in [0.717, 1.165) is 48.8 Å². The Labute approximate surface area is 171 Å². The maximum Gasteiger partial charge on any atom is 0.211 e. The molecule has 2 aromatic rings. The van der Waals surface area contributed by atoms with Crippen molar-refractivity contribution in [1.82, 2.24) is 19.6 Å². The predicted molar refractivity (Wildman–Crippen MR) is 113 cm³/mol. The first kappa shape index (κ1) is 20.5. The van der Waals surface area contributed by atoms with Crippen LogP contribution in [-0.2, 0) is 10.0 Å². The van der Waals surface area contributed by atoms with Crippen molar-refractivity contribution in [1.29, 1.82) is 0 Å². The van der Waals surface area contributed by atoms with Crippen LogP contribution in [0.4, 0.5) is 5.82 Å². The molecule has 2 aliphatic heterocycles. The lowest BCUT2D eigenvalue weighted by molar-refractivity contribution is 0.0952. The highest BCUT2D eigenvalue weighted by Gasteiger charge is 2.32. The molecule has 9 heteroatoms. The Balaban J connectivity index is 1.55. The van der Waals surface area contributed by atoms with Crippen molar-refractivity contribution in [3.05, 3.63) is 30.2 Å². The molecule has 4 rings (SSSR count). The van der Waals surface area contributed by atoms with Crippen LogP contribution in [0.15, 0.2) is 24.5 Å². The number of β-amino-alcohol motifs (C(OH)–C–C–N with tert-alkyl or cyclic N) is 1. The minimum atomic E-state index is -3.29. The molecule has 0 saturated carbocycles. The summed E-state index contributed by atoms with van der Waals surface area (Å²) < 4.78 is 24.8. The second kappa shape index (κ2) is 8.51. The van der Waals surface area contributed by atoms with Gasteiger partial charge in [-0.2, -0.15) is 4.31 Å². The van der Waals surface area contributed by atoms with Crippen molar-refractivity contribution in [3.8, 4) is 0 Å². The molecule has 0 radical (unpaired) electrons. The van der Waals surface area contributed by atoms with Gasteiger partial charge in [0.25, 0.3) is 0 Å². The molecule has 4 heterocycles. The maximum absolute atomic E-state index is 11.7. The minimum Gasteiger partial charge on any atom is -0.390 e. The van der Waals surface area contributed by atoms with Gasteiger partial charge in [0.15, 0.2) is 0 Å². The number of rotatable bonds is 4. The number of anilines is 1. The Morgan fingerprint density at radius 1 is 1.24 bits per heavy atom. The van der Waals surface area contributed by atoms with Gasteiger partial charge < -0.3 is 15.7 Å². The van der Waals surface area contributed by atoms with Crippen LogP contribution in [0, 0.1) is 0 Å². The average molecular weight is 420 g/mol. The molecule has 2 aliphatic rings. The lowest BCUT2D eigenvalue weighted by atomic mass is 9.93. The number of nitrogens with one attached hydrogen (secondary N) is 2. The highest BCUT2D eigenvalue weighted by atomic mass is 32.2. The third-order valence-electron chi connectivity index (χ3n) is 5.99. The predicted octanol–water partition coefficient (Wildman–Crippen LogP) is 1.29. The van der Waals surface area contributed by atoms with Crippen LogP contribution in [0.5, 0.6) is 0 Å². The SMILES string of the molecule is CS(=O)(=O)N1CC[C@@H](Nc2cc3c(C4CCCNCC4)nccc3cn2)[C@H](O)C1. The van der Waals surface area contributed by atoms with Crippen molar-refractivity contribution in [3.63, 3.8) is 0 Å². The molecular formula is C20H29N5O3S. The van der Waals surface area contributed by atoms with E-state index in [1.54, 1.807) is 0 Å². The van der Waals surface area contributed by atoms with E-state index in [0.29, 0.717) is 24.7 Å². The first-order chi connectivity index (χ1) is 13.9. The average Bonchev–Trinajstić information content (AvgIpc) is 2.97. The molecule has 0 spiro atoms. The van der Waals surface area contributed by atoms with E-state index < -0.39 is 16.1 Å². The zero-order chi connectivity index (χ0) is 20.4. The number of nitrogens with zero attached hydrogens (tertiary/aromatic N) is 3. The topological polar surface area (TPSA) is 107 Å². The summed E-state index contributed by atoms with van der Waals surface area (Å²) in [4.78, 5) is 9.22. The third-order valence-corrected chi connectivity index (χ3v) is 7.26. The van der Waals surface area contributed by atoms with Gasteiger partial charge in [-0.15, -0.1) is 0 Å². The van der Waals surface area contributed by atoms with Crippen molar-refractivity contribution in [2.24, 2.45) is 0 Å². The van der Waals surface area contributed by atoms with Gasteiger partial charge in [-0.3, -0.25) is 4.98 Å². The number of aliphatic hydroxyl groups is 1. The number of hydrogen-bond donors (Lipinski definition) is 3. The Hall–Kier alpha value is -1.81. The first-order valence-corrected chi connectivity index (χ1v) is 12.1. The number of fused-ring (bicyclic) bond motifs is 1. The molecule has 0 bridgehead atoms. The van der Waals surface area contributed by atoms with E-state index in [1.807, 2.05) is 24.5 Å². The van der Waals surface area contributed by atoms with E-state index in [9.17, 15) is 13.5 Å². The number of aromatic nitrogens is 2. The van der Waals surface area contributed by atoms with Crippen molar-refractivity contribution in [2.75, 3.05) is 37.8 Å². The molecule has 158 valence electrons. The van der Waals surface area contributed by atoms with Crippen LogP contribution >= 0.6 is 0 Å². The molecule has 0 amide bonds. The summed E-state index contributed by atoms with van der Waals surface area (Å²) in [7, 11) is -3.29. The molecule has 2 fully saturated rings. The van der Waals surface area contributed by atoms with Crippen LogP contribution in [0.2, 0.25) is 0 Å². The zero-order valence-electron chi connectivity index (χ0n) is 16.7. The van der Waals surface area contributed by atoms with Gasteiger partial charge in [0.2, 0.25) is 10.0 Å². The van der Waals surface area contributed by atoms with Crippen LogP contribution in [0.1, 0.15) is 37.3 Å². The number of pyridine rings is 2. The van der Waals surface area contributed by atoms with Gasteiger partial charge >= 0.3 is 0 Å². The standard InChI is InChI=1S/C20H29N5O3S/c1-29(27,28)25-10-6-17(18(26)13-25)24-19-11-16-15(12-23-19)5-9-22-20(16)14-3-2-7-21-8-4-14/h5,9,11-12,14,17-18,21,26H,2-4,6-8,10,13H2,1H3,(H,23,24)/t14?,17-,18-/m1/s1. The van der Waals surface area contributed by atoms with Gasteiger partial charge in [0, 0.05) is 42.2 Å². The highest BCUT2D eigenvalue weighted by molar-refractivity contribution is 7.88. The number of hydrogen-bond acceptors (Lipinski definition) is 7.